The van der Waals surface area contributed by atoms with Gasteiger partial charge in [0.05, 0.1) is 10.9 Å². The molecule has 1 atom stereocenters. The van der Waals surface area contributed by atoms with Crippen LogP contribution >= 0.6 is 0 Å². The van der Waals surface area contributed by atoms with E-state index in [1.54, 1.807) is 21.4 Å². The van der Waals surface area contributed by atoms with Crippen molar-refractivity contribution in [3.8, 4) is 11.3 Å². The molecule has 8 nitrogen and oxygen atoms in total. The molecule has 1 fully saturated rings. The van der Waals surface area contributed by atoms with Gasteiger partial charge in [-0.15, -0.1) is 0 Å². The number of aromatic nitrogens is 6. The maximum atomic E-state index is 14.8. The molecule has 0 amide bonds. The van der Waals surface area contributed by atoms with Crippen molar-refractivity contribution in [3.63, 3.8) is 0 Å². The largest absolute Gasteiger partial charge is 0.383 e. The molecule has 2 aromatic carbocycles. The Bertz CT molecular complexity index is 1720. The zero-order valence-electron chi connectivity index (χ0n) is 21.7. The number of halogens is 1. The summed E-state index contributed by atoms with van der Waals surface area (Å²) in [4.78, 5) is 27.4. The van der Waals surface area contributed by atoms with Gasteiger partial charge in [0.1, 0.15) is 40.9 Å². The highest BCUT2D eigenvalue weighted by atomic mass is 19.1. The number of hydrogen-bond acceptors (Lipinski definition) is 6. The first kappa shape index (κ1) is 24.2. The molecule has 5 aromatic rings. The third kappa shape index (κ3) is 3.84. The Hall–Kier alpha value is -4.14. The fraction of sp³-hybridized carbons (Fsp3) is 0.345. The van der Waals surface area contributed by atoms with E-state index in [0.29, 0.717) is 39.8 Å². The second-order valence-electron chi connectivity index (χ2n) is 10.4. The average Bonchev–Trinajstić information content (AvgIpc) is 3.57. The predicted molar refractivity (Wildman–Crippen MR) is 147 cm³/mol. The van der Waals surface area contributed by atoms with E-state index >= 15 is 0 Å². The number of nitrogens with two attached hydrogens (primary N) is 1. The molecule has 3 aromatic heterocycles. The first-order valence-electron chi connectivity index (χ1n) is 13.1. The number of benzene rings is 2. The van der Waals surface area contributed by atoms with Gasteiger partial charge in [0.15, 0.2) is 5.65 Å². The molecule has 0 aliphatic heterocycles. The summed E-state index contributed by atoms with van der Waals surface area (Å²) in [6, 6.07) is 12.3. The first-order chi connectivity index (χ1) is 18.3. The summed E-state index contributed by atoms with van der Waals surface area (Å²) in [7, 11) is 0. The first-order valence-corrected chi connectivity index (χ1v) is 13.1. The molecule has 0 saturated heterocycles. The molecular weight excluding hydrogens is 481 g/mol. The van der Waals surface area contributed by atoms with Crippen molar-refractivity contribution in [2.24, 2.45) is 0 Å². The fourth-order valence-corrected chi connectivity index (χ4v) is 5.63. The van der Waals surface area contributed by atoms with Crippen molar-refractivity contribution in [2.75, 3.05) is 5.73 Å². The van der Waals surface area contributed by atoms with Crippen LogP contribution in [0.4, 0.5) is 10.2 Å². The molecule has 9 heteroatoms. The summed E-state index contributed by atoms with van der Waals surface area (Å²) < 4.78 is 18.2. The van der Waals surface area contributed by atoms with E-state index in [4.69, 9.17) is 15.8 Å². The van der Waals surface area contributed by atoms with Crippen LogP contribution in [0.5, 0.6) is 0 Å². The van der Waals surface area contributed by atoms with Crippen LogP contribution in [0.15, 0.2) is 53.6 Å². The molecule has 3 heterocycles. The molecule has 2 N–H and O–H groups in total. The van der Waals surface area contributed by atoms with E-state index in [1.165, 1.54) is 18.0 Å². The average molecular weight is 512 g/mol. The van der Waals surface area contributed by atoms with Crippen molar-refractivity contribution in [1.29, 1.82) is 0 Å². The van der Waals surface area contributed by atoms with Gasteiger partial charge in [-0.1, -0.05) is 57.0 Å². The van der Waals surface area contributed by atoms with Gasteiger partial charge in [0.25, 0.3) is 5.56 Å². The van der Waals surface area contributed by atoms with Gasteiger partial charge in [0, 0.05) is 11.6 Å². The zero-order chi connectivity index (χ0) is 26.6. The number of fused-ring (bicyclic) bond motifs is 2. The predicted octanol–water partition coefficient (Wildman–Crippen LogP) is 5.77. The van der Waals surface area contributed by atoms with Gasteiger partial charge in [-0.05, 0) is 43.4 Å². The van der Waals surface area contributed by atoms with E-state index in [9.17, 15) is 9.18 Å². The lowest BCUT2D eigenvalue weighted by atomic mass is 10.0. The minimum absolute atomic E-state index is 0.0261. The van der Waals surface area contributed by atoms with E-state index in [0.717, 1.165) is 31.2 Å². The summed E-state index contributed by atoms with van der Waals surface area (Å²) in [5, 5.41) is 5.65. The van der Waals surface area contributed by atoms with Gasteiger partial charge >= 0.3 is 0 Å². The van der Waals surface area contributed by atoms with Crippen molar-refractivity contribution in [3.05, 3.63) is 76.4 Å². The Labute approximate surface area is 219 Å². The molecule has 1 saturated carbocycles. The highest BCUT2D eigenvalue weighted by molar-refractivity contribution is 5.98. The lowest BCUT2D eigenvalue weighted by Gasteiger charge is -2.23. The molecule has 1 aliphatic rings. The summed E-state index contributed by atoms with van der Waals surface area (Å²) >= 11 is 0. The minimum atomic E-state index is -0.553. The fourth-order valence-electron chi connectivity index (χ4n) is 5.63. The van der Waals surface area contributed by atoms with E-state index in [2.05, 4.69) is 35.9 Å². The molecule has 0 bridgehead atoms. The highest BCUT2D eigenvalue weighted by Crippen LogP contribution is 2.36. The monoisotopic (exact) mass is 511 g/mol. The van der Waals surface area contributed by atoms with E-state index in [1.807, 2.05) is 19.1 Å². The Balaban J connectivity index is 1.58. The van der Waals surface area contributed by atoms with Crippen LogP contribution in [0.1, 0.15) is 75.8 Å². The van der Waals surface area contributed by atoms with Gasteiger partial charge in [0.2, 0.25) is 0 Å². The SMILES string of the molecule is CC(C)c1ccc(-c2nn(C(C)c3nc4cccc(F)c4c(=O)n3C3CCCC3)c3ncnc(N)c23)cc1. The third-order valence-electron chi connectivity index (χ3n) is 7.71. The highest BCUT2D eigenvalue weighted by Gasteiger charge is 2.29. The van der Waals surface area contributed by atoms with Gasteiger partial charge in [-0.2, -0.15) is 5.10 Å². The maximum Gasteiger partial charge on any atom is 0.264 e. The number of hydrogen-bond donors (Lipinski definition) is 1. The second-order valence-corrected chi connectivity index (χ2v) is 10.4. The van der Waals surface area contributed by atoms with Gasteiger partial charge < -0.3 is 5.73 Å². The van der Waals surface area contributed by atoms with Crippen molar-refractivity contribution in [2.45, 2.75) is 64.5 Å². The summed E-state index contributed by atoms with van der Waals surface area (Å²) in [6.07, 6.45) is 5.16. The number of rotatable bonds is 5. The molecule has 194 valence electrons. The summed E-state index contributed by atoms with van der Waals surface area (Å²) in [5.74, 6) is 0.715. The lowest BCUT2D eigenvalue weighted by molar-refractivity contribution is 0.433. The summed E-state index contributed by atoms with van der Waals surface area (Å²) in [5.41, 5.74) is 9.68. The Morgan fingerprint density at radius 2 is 1.74 bits per heavy atom. The van der Waals surface area contributed by atoms with Crippen LogP contribution in [0.3, 0.4) is 0 Å². The second kappa shape index (κ2) is 9.31. The number of nitrogens with zero attached hydrogens (tertiary/aromatic N) is 6. The van der Waals surface area contributed by atoms with Crippen LogP contribution in [-0.4, -0.2) is 29.3 Å². The van der Waals surface area contributed by atoms with Crippen molar-refractivity contribution in [1.82, 2.24) is 29.3 Å². The summed E-state index contributed by atoms with van der Waals surface area (Å²) in [6.45, 7) is 6.24. The Morgan fingerprint density at radius 3 is 2.45 bits per heavy atom. The molecule has 0 radical (unpaired) electrons. The van der Waals surface area contributed by atoms with Crippen LogP contribution in [-0.2, 0) is 0 Å². The minimum Gasteiger partial charge on any atom is -0.383 e. The third-order valence-corrected chi connectivity index (χ3v) is 7.71. The topological polar surface area (TPSA) is 105 Å². The van der Waals surface area contributed by atoms with Gasteiger partial charge in [-0.3, -0.25) is 9.36 Å². The Morgan fingerprint density at radius 1 is 1.00 bits per heavy atom. The van der Waals surface area contributed by atoms with Crippen LogP contribution < -0.4 is 11.3 Å². The number of nitrogen functional groups attached to an aromatic ring is 1. The number of anilines is 1. The molecular formula is C29H30FN7O. The normalized spacial score (nSPS) is 15.2. The molecule has 6 rings (SSSR count). The van der Waals surface area contributed by atoms with Gasteiger partial charge in [-0.25, -0.2) is 24.0 Å². The standard InChI is InChI=1S/C29H30FN7O/c1-16(2)18-11-13-19(14-12-18)25-24-26(31)32-15-33-28(24)37(35-25)17(3)27-34-22-10-6-9-21(30)23(22)29(38)36(27)20-7-4-5-8-20/h6,9-17,20H,4-5,7-8H2,1-3H3,(H2,31,32,33). The smallest absolute Gasteiger partial charge is 0.264 e. The van der Waals surface area contributed by atoms with E-state index in [-0.39, 0.29) is 17.0 Å². The molecule has 38 heavy (non-hydrogen) atoms. The van der Waals surface area contributed by atoms with Crippen LogP contribution in [0, 0.1) is 5.82 Å². The van der Waals surface area contributed by atoms with Crippen molar-refractivity contribution < 1.29 is 4.39 Å². The molecule has 1 aliphatic carbocycles. The lowest BCUT2D eigenvalue weighted by Crippen LogP contribution is -2.31. The zero-order valence-corrected chi connectivity index (χ0v) is 21.7. The molecule has 0 spiro atoms. The maximum absolute atomic E-state index is 14.8. The quantitative estimate of drug-likeness (QED) is 0.321. The Kier molecular flexibility index (Phi) is 5.93. The molecule has 1 unspecified atom stereocenters. The van der Waals surface area contributed by atoms with E-state index < -0.39 is 11.9 Å². The van der Waals surface area contributed by atoms with Crippen LogP contribution in [0.25, 0.3) is 33.2 Å². The van der Waals surface area contributed by atoms with Crippen molar-refractivity contribution >= 4 is 27.8 Å². The van der Waals surface area contributed by atoms with Crippen LogP contribution in [0.2, 0.25) is 0 Å².